The Morgan fingerprint density at radius 1 is 0.877 bits per heavy atom. The molecule has 1 fully saturated rings. The Labute approximate surface area is 433 Å². The number of nitrogen functional groups attached to an aromatic ring is 2. The van der Waals surface area contributed by atoms with Gasteiger partial charge in [-0.15, -0.1) is 0 Å². The van der Waals surface area contributed by atoms with Gasteiger partial charge >= 0.3 is 0 Å². The number of anilines is 3. The van der Waals surface area contributed by atoms with Crippen molar-refractivity contribution < 1.29 is 32.7 Å². The van der Waals surface area contributed by atoms with Crippen LogP contribution in [0.1, 0.15) is 78.3 Å². The number of aryl methyl sites for hydroxylation is 1. The molecule has 394 valence electrons. The van der Waals surface area contributed by atoms with Crippen molar-refractivity contribution in [3.63, 3.8) is 0 Å². The molecule has 0 saturated heterocycles. The van der Waals surface area contributed by atoms with Crippen LogP contribution in [-0.2, 0) is 31.6 Å². The van der Waals surface area contributed by atoms with Gasteiger partial charge in [0.15, 0.2) is 0 Å². The summed E-state index contributed by atoms with van der Waals surface area (Å²) in [6.07, 6.45) is 11.9. The number of carbonyl (C=O) groups is 2. The third kappa shape index (κ3) is 16.4. The summed E-state index contributed by atoms with van der Waals surface area (Å²) in [5.41, 5.74) is 24.1. The molecule has 1 aromatic heterocycles. The zero-order valence-corrected chi connectivity index (χ0v) is 43.9. The summed E-state index contributed by atoms with van der Waals surface area (Å²) in [5, 5.41) is 11.0. The van der Waals surface area contributed by atoms with Crippen LogP contribution in [0.5, 0.6) is 5.75 Å². The van der Waals surface area contributed by atoms with Gasteiger partial charge in [0.1, 0.15) is 5.75 Å². The third-order valence-corrected chi connectivity index (χ3v) is 13.8. The highest BCUT2D eigenvalue weighted by Crippen LogP contribution is 2.32. The number of amides is 2. The highest BCUT2D eigenvalue weighted by atomic mass is 32.2. The molecule has 2 aliphatic rings. The van der Waals surface area contributed by atoms with E-state index in [4.69, 9.17) is 42.0 Å². The van der Waals surface area contributed by atoms with Gasteiger partial charge in [-0.3, -0.25) is 18.7 Å². The number of nitrogens with one attached hydrogen (secondary N) is 2. The van der Waals surface area contributed by atoms with Crippen LogP contribution in [0.25, 0.3) is 21.7 Å². The van der Waals surface area contributed by atoms with E-state index in [1.54, 1.807) is 48.8 Å². The van der Waals surface area contributed by atoms with Gasteiger partial charge in [0.25, 0.3) is 11.8 Å². The molecule has 1 unspecified atom stereocenters. The molecular weight excluding hydrogens is 945 g/mol. The van der Waals surface area contributed by atoms with Crippen molar-refractivity contribution in [2.45, 2.75) is 69.4 Å². The van der Waals surface area contributed by atoms with Gasteiger partial charge in [-0.1, -0.05) is 43.4 Å². The van der Waals surface area contributed by atoms with Gasteiger partial charge in [0, 0.05) is 93.8 Å². The number of nitrogens with zero attached hydrogens (tertiary/aromatic N) is 4. The summed E-state index contributed by atoms with van der Waals surface area (Å²) < 4.78 is 36.0. The smallest absolute Gasteiger partial charge is 0.261 e. The number of fused-ring (bicyclic) bond motifs is 1. The molecule has 1 aliphatic carbocycles. The maximum absolute atomic E-state index is 13.1. The Morgan fingerprint density at radius 2 is 1.59 bits per heavy atom. The van der Waals surface area contributed by atoms with Crippen molar-refractivity contribution in [2.75, 3.05) is 116 Å². The highest BCUT2D eigenvalue weighted by molar-refractivity contribution is 7.84. The first-order chi connectivity index (χ1) is 35.4. The molecule has 0 radical (unpaired) electrons. The van der Waals surface area contributed by atoms with Crippen LogP contribution >= 0.6 is 0 Å². The molecule has 1 aliphatic heterocycles. The number of imide groups is 1. The minimum Gasteiger partial charge on any atom is -0.495 e. The molecule has 5 aromatic rings. The van der Waals surface area contributed by atoms with Crippen LogP contribution in [0.15, 0.2) is 89.6 Å². The van der Waals surface area contributed by atoms with Crippen LogP contribution in [0.2, 0.25) is 0 Å². The fourth-order valence-electron chi connectivity index (χ4n) is 8.97. The van der Waals surface area contributed by atoms with Gasteiger partial charge in [0.05, 0.1) is 82.3 Å². The summed E-state index contributed by atoms with van der Waals surface area (Å²) in [6, 6.07) is 23.0. The molecule has 18 heteroatoms. The average Bonchev–Trinajstić information content (AvgIpc) is 3.76. The summed E-state index contributed by atoms with van der Waals surface area (Å²) in [4.78, 5) is 30.3. The van der Waals surface area contributed by atoms with E-state index in [9.17, 15) is 13.8 Å². The van der Waals surface area contributed by atoms with Crippen LogP contribution in [0, 0.1) is 11.8 Å². The van der Waals surface area contributed by atoms with Gasteiger partial charge < -0.3 is 61.3 Å². The number of nitrogens with two attached hydrogens (primary N) is 4. The van der Waals surface area contributed by atoms with Crippen LogP contribution in [0.4, 0.5) is 17.1 Å². The molecule has 1 saturated carbocycles. The number of likely N-dealkylation sites (N-methyl/N-ethyl adjacent to an activating group) is 1. The van der Waals surface area contributed by atoms with Gasteiger partial charge in [-0.2, -0.15) is 0 Å². The standard InChI is InChI=1S/C34H53N7O5.C21H23N3O2S/c1-39(13-14-41-33(42)30-11-5-7-26-23-28(36)24-31(32(26)30)34(41)43)15-17-44-19-21-46-22-20-45-18-16-40(37)25-27(35)8-6-12-38-29-9-3-2-4-10-29;1-4-24-15(13-17-18(22)8-5-9-20(17)24)7-6-12-23-19-11-10-16(27(3)25)14-21(19)26-2/h5,7,11,23-25,29,38H,2-4,6,8-10,12-22,35-37H2,1H3;5,8-11,13-14,23H,4,12,22H2,1-3H3/b27-25-;. The predicted molar refractivity (Wildman–Crippen MR) is 294 cm³/mol. The van der Waals surface area contributed by atoms with Crippen LogP contribution in [0.3, 0.4) is 0 Å². The Hall–Kier alpha value is -6.17. The lowest BCUT2D eigenvalue weighted by atomic mass is 9.93. The minimum absolute atomic E-state index is 0.274. The van der Waals surface area contributed by atoms with Crippen molar-refractivity contribution in [2.24, 2.45) is 11.6 Å². The van der Waals surface area contributed by atoms with Gasteiger partial charge in [-0.25, -0.2) is 5.84 Å². The Morgan fingerprint density at radius 3 is 2.32 bits per heavy atom. The molecule has 2 heterocycles. The second-order valence-electron chi connectivity index (χ2n) is 18.2. The Kier molecular flexibility index (Phi) is 22.2. The lowest BCUT2D eigenvalue weighted by molar-refractivity contribution is 0.00927. The fourth-order valence-corrected chi connectivity index (χ4v) is 9.50. The molecule has 7 rings (SSSR count). The summed E-state index contributed by atoms with van der Waals surface area (Å²) >= 11 is 0. The Balaban J connectivity index is 0.000000272. The maximum Gasteiger partial charge on any atom is 0.261 e. The first-order valence-electron chi connectivity index (χ1n) is 25.3. The molecule has 2 amide bonds. The first kappa shape index (κ1) is 56.1. The average molecular weight is 1020 g/mol. The molecule has 0 spiro atoms. The maximum atomic E-state index is 13.1. The molecular formula is C55H76N10O7S. The van der Waals surface area contributed by atoms with E-state index in [-0.39, 0.29) is 18.4 Å². The van der Waals surface area contributed by atoms with Crippen molar-refractivity contribution in [3.05, 3.63) is 102 Å². The second kappa shape index (κ2) is 28.9. The Bertz CT molecular complexity index is 2730. The van der Waals surface area contributed by atoms with Crippen molar-refractivity contribution in [1.29, 1.82) is 0 Å². The minimum atomic E-state index is -1.04. The number of methoxy groups -OCH3 is 1. The monoisotopic (exact) mass is 1020 g/mol. The normalized spacial score (nSPS) is 14.3. The van der Waals surface area contributed by atoms with E-state index >= 15 is 0 Å². The molecule has 1 atom stereocenters. The quantitative estimate of drug-likeness (QED) is 0.00914. The van der Waals surface area contributed by atoms with E-state index in [0.29, 0.717) is 99.8 Å². The van der Waals surface area contributed by atoms with E-state index < -0.39 is 10.8 Å². The largest absolute Gasteiger partial charge is 0.495 e. The number of hydrogen-bond acceptors (Lipinski definition) is 15. The topological polar surface area (TPSA) is 231 Å². The molecule has 10 N–H and O–H groups in total. The van der Waals surface area contributed by atoms with Crippen LogP contribution in [-0.4, -0.2) is 141 Å². The summed E-state index contributed by atoms with van der Waals surface area (Å²) in [5.74, 6) is 12.5. The lowest BCUT2D eigenvalue weighted by Crippen LogP contribution is -2.44. The lowest BCUT2D eigenvalue weighted by Gasteiger charge is -2.29. The van der Waals surface area contributed by atoms with E-state index in [0.717, 1.165) is 69.9 Å². The van der Waals surface area contributed by atoms with Crippen molar-refractivity contribution >= 4 is 61.4 Å². The molecule has 4 aromatic carbocycles. The molecule has 0 bridgehead atoms. The summed E-state index contributed by atoms with van der Waals surface area (Å²) in [7, 11) is 2.49. The number of hydrazine groups is 1. The number of ether oxygens (including phenoxy) is 4. The van der Waals surface area contributed by atoms with Crippen molar-refractivity contribution in [3.8, 4) is 17.6 Å². The van der Waals surface area contributed by atoms with E-state index in [2.05, 4.69) is 40.0 Å². The number of rotatable bonds is 26. The number of hydrogen-bond donors (Lipinski definition) is 6. The SMILES string of the molecule is CCn1c(C#CCNc2ccc(S(C)=O)cc2OC)cc2c(N)cccc21.CN(CCOCCOCCOCCN(N)/C=C(\N)CCCNC1CCCCC1)CCN1C(=O)c2cccc3cc(N)cc(c23)C1=O. The van der Waals surface area contributed by atoms with E-state index in [1.165, 1.54) is 37.0 Å². The van der Waals surface area contributed by atoms with Crippen molar-refractivity contribution in [1.82, 2.24) is 24.7 Å². The van der Waals surface area contributed by atoms with Gasteiger partial charge in [0.2, 0.25) is 0 Å². The predicted octanol–water partition coefficient (Wildman–Crippen LogP) is 6.13. The number of allylic oxidation sites excluding steroid dienone is 1. The third-order valence-electron chi connectivity index (χ3n) is 12.9. The van der Waals surface area contributed by atoms with Crippen LogP contribution < -0.4 is 38.4 Å². The summed E-state index contributed by atoms with van der Waals surface area (Å²) in [6.45, 7) is 9.28. The zero-order valence-electron chi connectivity index (χ0n) is 43.1. The fraction of sp³-hybridized carbons (Fsp3) is 0.455. The first-order valence-corrected chi connectivity index (χ1v) is 26.9. The number of carbonyl (C=O) groups excluding carboxylic acids is 2. The molecule has 73 heavy (non-hydrogen) atoms. The number of benzene rings is 4. The van der Waals surface area contributed by atoms with Gasteiger partial charge in [-0.05, 0) is 112 Å². The second-order valence-corrected chi connectivity index (χ2v) is 19.6. The molecule has 17 nitrogen and oxygen atoms in total. The number of aromatic nitrogens is 1. The van der Waals surface area contributed by atoms with E-state index in [1.807, 2.05) is 54.4 Å². The zero-order chi connectivity index (χ0) is 52.1. The highest BCUT2D eigenvalue weighted by Gasteiger charge is 2.33.